The van der Waals surface area contributed by atoms with Crippen molar-refractivity contribution in [3.8, 4) is 0 Å². The molecule has 3 rings (SSSR count). The molecule has 2 fully saturated rings. The Balaban J connectivity index is 1.85. The summed E-state index contributed by atoms with van der Waals surface area (Å²) in [4.78, 5) is 16.5. The first-order chi connectivity index (χ1) is 10.1. The Labute approximate surface area is 125 Å². The fourth-order valence-electron chi connectivity index (χ4n) is 3.65. The molecule has 21 heavy (non-hydrogen) atoms. The van der Waals surface area contributed by atoms with E-state index < -0.39 is 5.91 Å². The number of carbonyl (C=O) groups excluding carboxylic acids is 1. The molecule has 2 unspecified atom stereocenters. The molecule has 2 saturated heterocycles. The first-order valence-electron chi connectivity index (χ1n) is 7.76. The molecular formula is C16H24N4O. The van der Waals surface area contributed by atoms with E-state index in [1.165, 1.54) is 25.8 Å². The third kappa shape index (κ3) is 2.70. The van der Waals surface area contributed by atoms with Crippen molar-refractivity contribution in [3.63, 3.8) is 0 Å². The molecule has 0 bridgehead atoms. The fourth-order valence-corrected chi connectivity index (χ4v) is 3.65. The van der Waals surface area contributed by atoms with Crippen LogP contribution in [0.2, 0.25) is 0 Å². The van der Waals surface area contributed by atoms with Gasteiger partial charge in [0.25, 0.3) is 5.91 Å². The predicted octanol–water partition coefficient (Wildman–Crippen LogP) is 1.43. The molecule has 0 saturated carbocycles. The van der Waals surface area contributed by atoms with Crippen LogP contribution in [0.3, 0.4) is 0 Å². The van der Waals surface area contributed by atoms with Gasteiger partial charge in [0.1, 0.15) is 0 Å². The lowest BCUT2D eigenvalue weighted by atomic mass is 9.96. The van der Waals surface area contributed by atoms with Crippen LogP contribution in [-0.2, 0) is 0 Å². The van der Waals surface area contributed by atoms with Gasteiger partial charge in [0, 0.05) is 36.5 Å². The number of nitrogens with zero attached hydrogens (tertiary/aromatic N) is 2. The number of nitrogens with two attached hydrogens (primary N) is 2. The van der Waals surface area contributed by atoms with E-state index >= 15 is 0 Å². The molecule has 0 spiro atoms. The molecule has 0 radical (unpaired) electrons. The number of fused-ring (bicyclic) bond motifs is 1. The monoisotopic (exact) mass is 288 g/mol. The topological polar surface area (TPSA) is 75.6 Å². The Bertz CT molecular complexity index is 545. The fraction of sp³-hybridized carbons (Fsp3) is 0.562. The van der Waals surface area contributed by atoms with E-state index in [0.29, 0.717) is 23.3 Å². The highest BCUT2D eigenvalue weighted by Crippen LogP contribution is 2.29. The van der Waals surface area contributed by atoms with E-state index in [9.17, 15) is 4.79 Å². The molecule has 4 N–H and O–H groups in total. The molecule has 1 aromatic rings. The Morgan fingerprint density at radius 1 is 1.29 bits per heavy atom. The number of benzene rings is 1. The van der Waals surface area contributed by atoms with Crippen LogP contribution < -0.4 is 16.4 Å². The van der Waals surface area contributed by atoms with Crippen molar-refractivity contribution < 1.29 is 4.79 Å². The minimum Gasteiger partial charge on any atom is -0.398 e. The third-order valence-corrected chi connectivity index (χ3v) is 4.82. The number of hydrogen-bond donors (Lipinski definition) is 2. The van der Waals surface area contributed by atoms with Crippen molar-refractivity contribution in [2.24, 2.45) is 5.73 Å². The van der Waals surface area contributed by atoms with Gasteiger partial charge in [-0.25, -0.2) is 0 Å². The van der Waals surface area contributed by atoms with E-state index in [4.69, 9.17) is 11.5 Å². The number of piperidine rings is 1. The Morgan fingerprint density at radius 2 is 2.10 bits per heavy atom. The molecule has 5 heteroatoms. The normalized spacial score (nSPS) is 26.4. The number of rotatable bonds is 2. The number of nitrogen functional groups attached to an aromatic ring is 1. The van der Waals surface area contributed by atoms with Gasteiger partial charge in [-0.05, 0) is 44.5 Å². The molecule has 5 nitrogen and oxygen atoms in total. The Hall–Kier alpha value is -1.75. The lowest BCUT2D eigenvalue weighted by Crippen LogP contribution is -2.58. The molecule has 1 amide bonds. The van der Waals surface area contributed by atoms with Gasteiger partial charge in [-0.15, -0.1) is 0 Å². The van der Waals surface area contributed by atoms with E-state index in [-0.39, 0.29) is 0 Å². The van der Waals surface area contributed by atoms with Crippen molar-refractivity contribution in [1.82, 2.24) is 4.90 Å². The van der Waals surface area contributed by atoms with Crippen LogP contribution in [0.5, 0.6) is 0 Å². The minimum absolute atomic E-state index is 0.422. The number of primary amides is 1. The quantitative estimate of drug-likeness (QED) is 0.807. The summed E-state index contributed by atoms with van der Waals surface area (Å²) in [5.41, 5.74) is 13.2. The van der Waals surface area contributed by atoms with Crippen LogP contribution in [0.15, 0.2) is 18.2 Å². The number of amides is 1. The van der Waals surface area contributed by atoms with Crippen molar-refractivity contribution in [3.05, 3.63) is 23.8 Å². The molecule has 1 aromatic carbocycles. The number of carbonyl (C=O) groups is 1. The van der Waals surface area contributed by atoms with Crippen LogP contribution >= 0.6 is 0 Å². The van der Waals surface area contributed by atoms with E-state index in [0.717, 1.165) is 18.8 Å². The first kappa shape index (κ1) is 14.2. The maximum Gasteiger partial charge on any atom is 0.250 e. The number of hydrogen-bond acceptors (Lipinski definition) is 4. The van der Waals surface area contributed by atoms with E-state index in [1.807, 2.05) is 12.1 Å². The molecule has 0 aliphatic carbocycles. The van der Waals surface area contributed by atoms with Gasteiger partial charge in [-0.1, -0.05) is 6.42 Å². The van der Waals surface area contributed by atoms with Crippen molar-refractivity contribution in [1.29, 1.82) is 0 Å². The van der Waals surface area contributed by atoms with Gasteiger partial charge in [0.2, 0.25) is 0 Å². The summed E-state index contributed by atoms with van der Waals surface area (Å²) in [6, 6.07) is 6.69. The smallest absolute Gasteiger partial charge is 0.250 e. The van der Waals surface area contributed by atoms with Crippen LogP contribution in [0.4, 0.5) is 11.4 Å². The van der Waals surface area contributed by atoms with Gasteiger partial charge in [-0.3, -0.25) is 9.69 Å². The summed E-state index contributed by atoms with van der Waals surface area (Å²) < 4.78 is 0. The number of piperazine rings is 1. The van der Waals surface area contributed by atoms with Gasteiger partial charge < -0.3 is 16.4 Å². The van der Waals surface area contributed by atoms with Crippen LogP contribution in [0.25, 0.3) is 0 Å². The SMILES string of the molecule is CC1CN2CCCCC2CN1c1ccc(N)c(C(N)=O)c1. The second-order valence-electron chi connectivity index (χ2n) is 6.28. The Kier molecular flexibility index (Phi) is 3.76. The van der Waals surface area contributed by atoms with Crippen molar-refractivity contribution >= 4 is 17.3 Å². The zero-order valence-electron chi connectivity index (χ0n) is 12.6. The summed E-state index contributed by atoms with van der Waals surface area (Å²) in [6.45, 7) is 5.56. The van der Waals surface area contributed by atoms with Crippen molar-refractivity contribution in [2.45, 2.75) is 38.3 Å². The largest absolute Gasteiger partial charge is 0.398 e. The zero-order chi connectivity index (χ0) is 15.0. The van der Waals surface area contributed by atoms with Crippen molar-refractivity contribution in [2.75, 3.05) is 30.3 Å². The highest BCUT2D eigenvalue weighted by Gasteiger charge is 2.33. The average molecular weight is 288 g/mol. The lowest BCUT2D eigenvalue weighted by Gasteiger charge is -2.48. The zero-order valence-corrected chi connectivity index (χ0v) is 12.6. The number of anilines is 2. The second-order valence-corrected chi connectivity index (χ2v) is 6.28. The molecule has 2 atom stereocenters. The first-order valence-corrected chi connectivity index (χ1v) is 7.76. The molecule has 0 aromatic heterocycles. The standard InChI is InChI=1S/C16H24N4O/c1-11-9-19-7-3-2-4-13(19)10-20(11)12-5-6-15(17)14(8-12)16(18)21/h5-6,8,11,13H,2-4,7,9-10,17H2,1H3,(H2,18,21). The van der Waals surface area contributed by atoms with Crippen LogP contribution in [-0.4, -0.2) is 42.5 Å². The summed E-state index contributed by atoms with van der Waals surface area (Å²) in [7, 11) is 0. The van der Waals surface area contributed by atoms with Gasteiger partial charge in [0.05, 0.1) is 5.56 Å². The highest BCUT2D eigenvalue weighted by atomic mass is 16.1. The second kappa shape index (κ2) is 5.56. The van der Waals surface area contributed by atoms with E-state index in [2.05, 4.69) is 16.7 Å². The molecule has 114 valence electrons. The third-order valence-electron chi connectivity index (χ3n) is 4.82. The highest BCUT2D eigenvalue weighted by molar-refractivity contribution is 5.99. The van der Waals surface area contributed by atoms with Gasteiger partial charge >= 0.3 is 0 Å². The average Bonchev–Trinajstić information content (AvgIpc) is 2.47. The molecule has 2 aliphatic rings. The van der Waals surface area contributed by atoms with E-state index in [1.54, 1.807) is 6.07 Å². The van der Waals surface area contributed by atoms with Crippen LogP contribution in [0, 0.1) is 0 Å². The molecule has 2 heterocycles. The predicted molar refractivity (Wildman–Crippen MR) is 85.4 cm³/mol. The summed E-state index contributed by atoms with van der Waals surface area (Å²) in [5, 5.41) is 0. The molecular weight excluding hydrogens is 264 g/mol. The summed E-state index contributed by atoms with van der Waals surface area (Å²) in [6.07, 6.45) is 3.90. The molecule has 2 aliphatic heterocycles. The minimum atomic E-state index is -0.460. The maximum atomic E-state index is 11.5. The van der Waals surface area contributed by atoms with Gasteiger partial charge in [0.15, 0.2) is 0 Å². The van der Waals surface area contributed by atoms with Crippen LogP contribution in [0.1, 0.15) is 36.5 Å². The Morgan fingerprint density at radius 3 is 2.86 bits per heavy atom. The maximum absolute atomic E-state index is 11.5. The lowest BCUT2D eigenvalue weighted by molar-refractivity contribution is 0.100. The summed E-state index contributed by atoms with van der Waals surface area (Å²) >= 11 is 0. The van der Waals surface area contributed by atoms with Gasteiger partial charge in [-0.2, -0.15) is 0 Å². The summed E-state index contributed by atoms with van der Waals surface area (Å²) in [5.74, 6) is -0.460.